The monoisotopic (exact) mass is 415 g/mol. The van der Waals surface area contributed by atoms with Crippen molar-refractivity contribution in [2.75, 3.05) is 6.54 Å². The molecule has 156 valence electrons. The summed E-state index contributed by atoms with van der Waals surface area (Å²) in [6.07, 6.45) is -8.51. The van der Waals surface area contributed by atoms with Crippen LogP contribution >= 0.6 is 0 Å². The molecule has 1 aliphatic heterocycles. The molecule has 3 atom stereocenters. The van der Waals surface area contributed by atoms with Gasteiger partial charge in [-0.3, -0.25) is 0 Å². The Bertz CT molecular complexity index is 847. The lowest BCUT2D eigenvalue weighted by Crippen LogP contribution is -2.49. The van der Waals surface area contributed by atoms with Crippen LogP contribution in [-0.2, 0) is 29.2 Å². The molecule has 2 fully saturated rings. The van der Waals surface area contributed by atoms with Crippen molar-refractivity contribution in [1.82, 2.24) is 5.32 Å². The molecule has 1 saturated heterocycles. The minimum Gasteiger partial charge on any atom is -0.371 e. The number of nitrogens with one attached hydrogen (secondary N) is 1. The van der Waals surface area contributed by atoms with Crippen LogP contribution in [0, 0.1) is 5.92 Å². The van der Waals surface area contributed by atoms with Crippen molar-refractivity contribution in [1.29, 1.82) is 0 Å². The SMILES string of the molecule is FC(F)(F)c1cc(CO[C@H]2C[C@H]3CN[C@]2(c2ccccc2)C3)cc(C(F)(F)F)c1. The van der Waals surface area contributed by atoms with E-state index in [0.717, 1.165) is 30.7 Å². The second-order valence-corrected chi connectivity index (χ2v) is 7.74. The maximum atomic E-state index is 13.1. The molecule has 2 aromatic carbocycles. The van der Waals surface area contributed by atoms with E-state index in [4.69, 9.17) is 4.74 Å². The molecule has 2 aliphatic rings. The van der Waals surface area contributed by atoms with Crippen LogP contribution < -0.4 is 5.32 Å². The van der Waals surface area contributed by atoms with E-state index in [1.54, 1.807) is 0 Å². The number of benzene rings is 2. The molecule has 8 heteroatoms. The van der Waals surface area contributed by atoms with E-state index in [1.807, 2.05) is 30.3 Å². The highest BCUT2D eigenvalue weighted by Gasteiger charge is 2.53. The van der Waals surface area contributed by atoms with Crippen molar-refractivity contribution < 1.29 is 31.1 Å². The van der Waals surface area contributed by atoms with Gasteiger partial charge in [-0.2, -0.15) is 26.3 Å². The summed E-state index contributed by atoms with van der Waals surface area (Å²) in [5.74, 6) is 0.368. The third kappa shape index (κ3) is 3.88. The molecular formula is C21H19F6NO. The Hall–Kier alpha value is -2.06. The molecule has 1 N–H and O–H groups in total. The summed E-state index contributed by atoms with van der Waals surface area (Å²) in [5, 5.41) is 3.46. The zero-order valence-electron chi connectivity index (χ0n) is 15.3. The highest BCUT2D eigenvalue weighted by molar-refractivity contribution is 5.34. The highest BCUT2D eigenvalue weighted by atomic mass is 19.4. The summed E-state index contributed by atoms with van der Waals surface area (Å²) in [5.41, 5.74) is -2.23. The molecule has 0 spiro atoms. The number of fused-ring (bicyclic) bond motifs is 2. The molecule has 2 aromatic rings. The van der Waals surface area contributed by atoms with E-state index in [2.05, 4.69) is 5.32 Å². The first-order chi connectivity index (χ1) is 13.6. The Labute approximate surface area is 163 Å². The number of rotatable bonds is 4. The third-order valence-electron chi connectivity index (χ3n) is 5.80. The quantitative estimate of drug-likeness (QED) is 0.665. The lowest BCUT2D eigenvalue weighted by molar-refractivity contribution is -0.143. The zero-order valence-corrected chi connectivity index (χ0v) is 15.3. The average molecular weight is 415 g/mol. The van der Waals surface area contributed by atoms with E-state index in [-0.39, 0.29) is 24.3 Å². The summed E-state index contributed by atoms with van der Waals surface area (Å²) in [6.45, 7) is 0.497. The van der Waals surface area contributed by atoms with E-state index >= 15 is 0 Å². The number of ether oxygens (including phenoxy) is 1. The summed E-state index contributed by atoms with van der Waals surface area (Å²) in [6, 6.07) is 11.2. The number of piperidine rings is 1. The van der Waals surface area contributed by atoms with Crippen LogP contribution in [0.25, 0.3) is 0 Å². The molecule has 1 aliphatic carbocycles. The molecule has 0 unspecified atom stereocenters. The number of alkyl halides is 6. The van der Waals surface area contributed by atoms with Gasteiger partial charge < -0.3 is 10.1 Å². The van der Waals surface area contributed by atoms with Gasteiger partial charge in [-0.15, -0.1) is 0 Å². The average Bonchev–Trinajstić information content (AvgIpc) is 3.25. The molecule has 2 bridgehead atoms. The molecule has 4 rings (SSSR count). The Morgan fingerprint density at radius 2 is 1.55 bits per heavy atom. The Balaban J connectivity index is 1.59. The van der Waals surface area contributed by atoms with Crippen molar-refractivity contribution in [2.45, 2.75) is 43.4 Å². The fourth-order valence-corrected chi connectivity index (χ4v) is 4.49. The van der Waals surface area contributed by atoms with Crippen LogP contribution in [0.5, 0.6) is 0 Å². The predicted octanol–water partition coefficient (Wildman–Crippen LogP) is 5.52. The first kappa shape index (κ1) is 20.2. The van der Waals surface area contributed by atoms with Gasteiger partial charge in [0.15, 0.2) is 0 Å². The molecule has 1 heterocycles. The Morgan fingerprint density at radius 3 is 2.10 bits per heavy atom. The number of halogens is 6. The standard InChI is InChI=1S/C21H19F6NO/c22-20(23,24)16-6-13(7-17(9-16)21(25,26)27)12-29-18-8-14-10-19(18,28-11-14)15-4-2-1-3-5-15/h1-7,9,14,18,28H,8,10-12H2/t14-,18+,19+/m1/s1. The van der Waals surface area contributed by atoms with Crippen LogP contribution in [0.15, 0.2) is 48.5 Å². The second kappa shape index (κ2) is 7.02. The topological polar surface area (TPSA) is 21.3 Å². The minimum atomic E-state index is -4.87. The lowest BCUT2D eigenvalue weighted by atomic mass is 9.87. The van der Waals surface area contributed by atoms with E-state index < -0.39 is 29.0 Å². The molecule has 0 aromatic heterocycles. The van der Waals surface area contributed by atoms with Crippen molar-refractivity contribution in [3.05, 3.63) is 70.8 Å². The molecule has 2 nitrogen and oxygen atoms in total. The molecule has 0 radical (unpaired) electrons. The van der Waals surface area contributed by atoms with Crippen LogP contribution in [0.2, 0.25) is 0 Å². The summed E-state index contributed by atoms with van der Waals surface area (Å²) >= 11 is 0. The molecule has 1 saturated carbocycles. The lowest BCUT2D eigenvalue weighted by Gasteiger charge is -2.36. The molecule has 29 heavy (non-hydrogen) atoms. The van der Waals surface area contributed by atoms with Crippen molar-refractivity contribution in [3.8, 4) is 0 Å². The summed E-state index contributed by atoms with van der Waals surface area (Å²) in [7, 11) is 0. The zero-order chi connectivity index (χ0) is 20.9. The minimum absolute atomic E-state index is 0.133. The highest BCUT2D eigenvalue weighted by Crippen LogP contribution is 2.48. The molecular weight excluding hydrogens is 396 g/mol. The normalized spacial score (nSPS) is 26.8. The molecule has 0 amide bonds. The fraction of sp³-hybridized carbons (Fsp3) is 0.429. The summed E-state index contributed by atoms with van der Waals surface area (Å²) < 4.78 is 84.3. The smallest absolute Gasteiger partial charge is 0.371 e. The van der Waals surface area contributed by atoms with Gasteiger partial charge in [0, 0.05) is 0 Å². The summed E-state index contributed by atoms with van der Waals surface area (Å²) in [4.78, 5) is 0. The fourth-order valence-electron chi connectivity index (χ4n) is 4.49. The van der Waals surface area contributed by atoms with E-state index in [9.17, 15) is 26.3 Å². The first-order valence-electron chi connectivity index (χ1n) is 9.28. The van der Waals surface area contributed by atoms with Gasteiger partial charge in [-0.1, -0.05) is 30.3 Å². The van der Waals surface area contributed by atoms with E-state index in [0.29, 0.717) is 12.3 Å². The van der Waals surface area contributed by atoms with Crippen LogP contribution in [0.1, 0.15) is 35.1 Å². The largest absolute Gasteiger partial charge is 0.416 e. The number of hydrogen-bond donors (Lipinski definition) is 1. The third-order valence-corrected chi connectivity index (χ3v) is 5.80. The van der Waals surface area contributed by atoms with Gasteiger partial charge >= 0.3 is 12.4 Å². The van der Waals surface area contributed by atoms with Crippen molar-refractivity contribution in [2.24, 2.45) is 5.92 Å². The van der Waals surface area contributed by atoms with E-state index in [1.165, 1.54) is 0 Å². The van der Waals surface area contributed by atoms with Crippen LogP contribution in [-0.4, -0.2) is 12.6 Å². The van der Waals surface area contributed by atoms with Gasteiger partial charge in [0.1, 0.15) is 0 Å². The van der Waals surface area contributed by atoms with Crippen molar-refractivity contribution >= 4 is 0 Å². The van der Waals surface area contributed by atoms with Crippen molar-refractivity contribution in [3.63, 3.8) is 0 Å². The Kier molecular flexibility index (Phi) is 4.90. The Morgan fingerprint density at radius 1 is 0.931 bits per heavy atom. The maximum absolute atomic E-state index is 13.1. The second-order valence-electron chi connectivity index (χ2n) is 7.74. The van der Waals surface area contributed by atoms with Crippen LogP contribution in [0.3, 0.4) is 0 Å². The predicted molar refractivity (Wildman–Crippen MR) is 93.9 cm³/mol. The first-order valence-corrected chi connectivity index (χ1v) is 9.28. The van der Waals surface area contributed by atoms with Gasteiger partial charge in [0.25, 0.3) is 0 Å². The van der Waals surface area contributed by atoms with Gasteiger partial charge in [-0.05, 0) is 54.6 Å². The van der Waals surface area contributed by atoms with Gasteiger partial charge in [0.2, 0.25) is 0 Å². The number of hydrogen-bond acceptors (Lipinski definition) is 2. The van der Waals surface area contributed by atoms with Crippen LogP contribution in [0.4, 0.5) is 26.3 Å². The van der Waals surface area contributed by atoms with Gasteiger partial charge in [-0.25, -0.2) is 0 Å². The maximum Gasteiger partial charge on any atom is 0.416 e. The van der Waals surface area contributed by atoms with Gasteiger partial charge in [0.05, 0.1) is 29.4 Å².